The van der Waals surface area contributed by atoms with Crippen LogP contribution in [-0.2, 0) is 0 Å². The average Bonchev–Trinajstić information content (AvgIpc) is 2.64. The molecule has 0 aliphatic carbocycles. The third-order valence-electron chi connectivity index (χ3n) is 3.09. The average molecular weight is 392 g/mol. The van der Waals surface area contributed by atoms with Gasteiger partial charge in [0.1, 0.15) is 24.7 Å². The Bertz CT molecular complexity index is 814. The second-order valence-corrected chi connectivity index (χ2v) is 5.06. The number of nitrogens with zero attached hydrogens (tertiary/aromatic N) is 2. The number of aromatic carboxylic acids is 4. The van der Waals surface area contributed by atoms with E-state index in [-0.39, 0.29) is 24.7 Å². The van der Waals surface area contributed by atoms with Crippen LogP contribution in [0.25, 0.3) is 0 Å². The Balaban J connectivity index is 2.07. The summed E-state index contributed by atoms with van der Waals surface area (Å²) in [6, 6.07) is 4.08. The molecule has 0 aliphatic heterocycles. The van der Waals surface area contributed by atoms with Gasteiger partial charge in [-0.2, -0.15) is 0 Å². The zero-order chi connectivity index (χ0) is 20.8. The topological polar surface area (TPSA) is 193 Å². The lowest BCUT2D eigenvalue weighted by molar-refractivity contribution is 0.0662. The maximum absolute atomic E-state index is 11.0. The highest BCUT2D eigenvalue weighted by Gasteiger charge is 2.15. The summed E-state index contributed by atoms with van der Waals surface area (Å²) in [7, 11) is 0. The van der Waals surface area contributed by atoms with Crippen molar-refractivity contribution >= 4 is 23.9 Å². The van der Waals surface area contributed by atoms with E-state index in [1.807, 2.05) is 0 Å². The van der Waals surface area contributed by atoms with E-state index >= 15 is 0 Å². The van der Waals surface area contributed by atoms with E-state index in [4.69, 9.17) is 29.9 Å². The predicted octanol–water partition coefficient (Wildman–Crippen LogP) is 0.727. The molecule has 0 radical (unpaired) electrons. The lowest BCUT2D eigenvalue weighted by Crippen LogP contribution is -2.13. The summed E-state index contributed by atoms with van der Waals surface area (Å²) in [6.45, 7) is -0.371. The lowest BCUT2D eigenvalue weighted by Gasteiger charge is -2.10. The van der Waals surface area contributed by atoms with Gasteiger partial charge in [0.05, 0.1) is 0 Å². The fraction of sp³-hybridized carbons (Fsp3) is 0.125. The maximum Gasteiger partial charge on any atom is 0.354 e. The molecule has 4 N–H and O–H groups in total. The van der Waals surface area contributed by atoms with Crippen LogP contribution < -0.4 is 9.47 Å². The van der Waals surface area contributed by atoms with Crippen LogP contribution in [0.2, 0.25) is 0 Å². The number of rotatable bonds is 9. The van der Waals surface area contributed by atoms with Crippen LogP contribution in [0.3, 0.4) is 0 Å². The van der Waals surface area contributed by atoms with Gasteiger partial charge in [-0.15, -0.1) is 0 Å². The van der Waals surface area contributed by atoms with E-state index < -0.39 is 46.7 Å². The summed E-state index contributed by atoms with van der Waals surface area (Å²) in [5.41, 5.74) is -2.10. The second kappa shape index (κ2) is 8.44. The molecule has 2 aromatic rings. The summed E-state index contributed by atoms with van der Waals surface area (Å²) in [4.78, 5) is 50.8. The Hall–Kier alpha value is -4.22. The molecule has 12 nitrogen and oxygen atoms in total. The molecule has 2 heterocycles. The third kappa shape index (κ3) is 5.14. The zero-order valence-corrected chi connectivity index (χ0v) is 13.9. The third-order valence-corrected chi connectivity index (χ3v) is 3.09. The first kappa shape index (κ1) is 20.1. The van der Waals surface area contributed by atoms with E-state index in [9.17, 15) is 19.2 Å². The van der Waals surface area contributed by atoms with Crippen LogP contribution in [0.15, 0.2) is 24.3 Å². The molecule has 0 unspecified atom stereocenters. The van der Waals surface area contributed by atoms with Crippen molar-refractivity contribution in [2.45, 2.75) is 0 Å². The van der Waals surface area contributed by atoms with Crippen LogP contribution in [0.5, 0.6) is 11.5 Å². The van der Waals surface area contributed by atoms with Crippen LogP contribution in [-0.4, -0.2) is 67.5 Å². The second-order valence-electron chi connectivity index (χ2n) is 5.06. The number of pyridine rings is 2. The monoisotopic (exact) mass is 392 g/mol. The molecule has 2 rings (SSSR count). The van der Waals surface area contributed by atoms with Gasteiger partial charge in [-0.3, -0.25) is 0 Å². The minimum Gasteiger partial charge on any atom is -0.490 e. The zero-order valence-electron chi connectivity index (χ0n) is 13.9. The highest BCUT2D eigenvalue weighted by Crippen LogP contribution is 2.17. The standard InChI is InChI=1S/C16H12N2O10/c19-13(20)9-3-7(4-10(17-9)14(21)22)27-1-2-28-8-5-11(15(23)24)18-12(6-8)16(25)26/h3-6H,1-2H2,(H,19,20)(H,21,22)(H,23,24)(H,25,26). The highest BCUT2D eigenvalue weighted by molar-refractivity contribution is 5.91. The van der Waals surface area contributed by atoms with Crippen molar-refractivity contribution in [3.8, 4) is 11.5 Å². The smallest absolute Gasteiger partial charge is 0.354 e. The van der Waals surface area contributed by atoms with Gasteiger partial charge < -0.3 is 29.9 Å². The summed E-state index contributed by atoms with van der Waals surface area (Å²) in [6.07, 6.45) is 0. The van der Waals surface area contributed by atoms with Crippen molar-refractivity contribution in [2.24, 2.45) is 0 Å². The highest BCUT2D eigenvalue weighted by atomic mass is 16.5. The molecule has 0 bridgehead atoms. The van der Waals surface area contributed by atoms with Crippen LogP contribution in [0, 0.1) is 0 Å². The van der Waals surface area contributed by atoms with E-state index in [0.29, 0.717) is 0 Å². The minimum absolute atomic E-state index is 0.0828. The summed E-state index contributed by atoms with van der Waals surface area (Å²) in [5.74, 6) is -5.93. The molecular formula is C16H12N2O10. The fourth-order valence-electron chi connectivity index (χ4n) is 1.93. The van der Waals surface area contributed by atoms with Crippen molar-refractivity contribution in [1.29, 1.82) is 0 Å². The molecule has 12 heteroatoms. The van der Waals surface area contributed by atoms with Crippen molar-refractivity contribution in [3.63, 3.8) is 0 Å². The van der Waals surface area contributed by atoms with Crippen LogP contribution >= 0.6 is 0 Å². The van der Waals surface area contributed by atoms with Crippen molar-refractivity contribution in [3.05, 3.63) is 47.0 Å². The van der Waals surface area contributed by atoms with Crippen molar-refractivity contribution in [1.82, 2.24) is 9.97 Å². The molecule has 146 valence electrons. The fourth-order valence-corrected chi connectivity index (χ4v) is 1.93. The Kier molecular flexibility index (Phi) is 6.06. The summed E-state index contributed by atoms with van der Waals surface area (Å²) in [5, 5.41) is 35.8. The Morgan fingerprint density at radius 3 is 1.07 bits per heavy atom. The van der Waals surface area contributed by atoms with Gasteiger partial charge in [0.25, 0.3) is 0 Å². The molecule has 0 aliphatic rings. The quantitative estimate of drug-likeness (QED) is 0.438. The summed E-state index contributed by atoms with van der Waals surface area (Å²) < 4.78 is 10.4. The van der Waals surface area contributed by atoms with Gasteiger partial charge in [-0.1, -0.05) is 0 Å². The Labute approximate surface area is 155 Å². The number of ether oxygens (including phenoxy) is 2. The molecule has 0 atom stereocenters. The first-order valence-corrected chi connectivity index (χ1v) is 7.40. The first-order valence-electron chi connectivity index (χ1n) is 7.40. The Morgan fingerprint density at radius 2 is 0.857 bits per heavy atom. The molecule has 2 aromatic heterocycles. The summed E-state index contributed by atoms with van der Waals surface area (Å²) >= 11 is 0. The van der Waals surface area contributed by atoms with Gasteiger partial charge in [-0.05, 0) is 0 Å². The molecule has 0 amide bonds. The molecule has 28 heavy (non-hydrogen) atoms. The number of hydrogen-bond acceptors (Lipinski definition) is 8. The van der Waals surface area contributed by atoms with Crippen molar-refractivity contribution < 1.29 is 49.1 Å². The van der Waals surface area contributed by atoms with Gasteiger partial charge in [0.2, 0.25) is 0 Å². The first-order chi connectivity index (χ1) is 13.2. The number of carboxylic acid groups (broad SMARTS) is 4. The minimum atomic E-state index is -1.44. The number of carboxylic acids is 4. The predicted molar refractivity (Wildman–Crippen MR) is 87.3 cm³/mol. The number of aromatic nitrogens is 2. The van der Waals surface area contributed by atoms with Crippen molar-refractivity contribution in [2.75, 3.05) is 13.2 Å². The molecule has 0 fully saturated rings. The van der Waals surface area contributed by atoms with E-state index in [1.54, 1.807) is 0 Å². The van der Waals surface area contributed by atoms with Gasteiger partial charge in [0, 0.05) is 24.3 Å². The maximum atomic E-state index is 11.0. The van der Waals surface area contributed by atoms with E-state index in [2.05, 4.69) is 9.97 Å². The number of hydrogen-bond donors (Lipinski definition) is 4. The molecular weight excluding hydrogens is 380 g/mol. The molecule has 0 spiro atoms. The SMILES string of the molecule is O=C(O)c1cc(OCCOc2cc(C(=O)O)nc(C(=O)O)c2)cc(C(=O)O)n1. The van der Waals surface area contributed by atoms with Gasteiger partial charge in [-0.25, -0.2) is 29.1 Å². The van der Waals surface area contributed by atoms with E-state index in [1.165, 1.54) is 0 Å². The van der Waals surface area contributed by atoms with Crippen LogP contribution in [0.1, 0.15) is 42.0 Å². The molecule has 0 aromatic carbocycles. The van der Waals surface area contributed by atoms with Crippen LogP contribution in [0.4, 0.5) is 0 Å². The van der Waals surface area contributed by atoms with Gasteiger partial charge >= 0.3 is 23.9 Å². The van der Waals surface area contributed by atoms with Gasteiger partial charge in [0.15, 0.2) is 22.8 Å². The number of carbonyl (C=O) groups is 4. The molecule has 0 saturated heterocycles. The van der Waals surface area contributed by atoms with E-state index in [0.717, 1.165) is 24.3 Å². The largest absolute Gasteiger partial charge is 0.490 e. The molecule has 0 saturated carbocycles. The lowest BCUT2D eigenvalue weighted by atomic mass is 10.2. The Morgan fingerprint density at radius 1 is 0.607 bits per heavy atom. The normalized spacial score (nSPS) is 10.1.